The van der Waals surface area contributed by atoms with Crippen molar-refractivity contribution in [3.8, 4) is 0 Å². The lowest BCUT2D eigenvalue weighted by Gasteiger charge is -2.19. The Bertz CT molecular complexity index is 799. The molecule has 2 aromatic heterocycles. The van der Waals surface area contributed by atoms with Gasteiger partial charge in [-0.25, -0.2) is 9.97 Å². The van der Waals surface area contributed by atoms with E-state index < -0.39 is 0 Å². The van der Waals surface area contributed by atoms with E-state index in [1.807, 2.05) is 42.0 Å². The second-order valence-electron chi connectivity index (χ2n) is 6.35. The van der Waals surface area contributed by atoms with E-state index in [2.05, 4.69) is 20.3 Å². The van der Waals surface area contributed by atoms with Crippen molar-refractivity contribution in [2.45, 2.75) is 32.4 Å². The monoisotopic (exact) mass is 309 g/mol. The van der Waals surface area contributed by atoms with Crippen molar-refractivity contribution in [3.05, 3.63) is 48.8 Å². The molecular weight excluding hydrogens is 290 g/mol. The van der Waals surface area contributed by atoms with E-state index in [-0.39, 0.29) is 17.4 Å². The summed E-state index contributed by atoms with van der Waals surface area (Å²) >= 11 is 0. The number of H-pyrrole nitrogens is 1. The molecule has 4 rings (SSSR count). The van der Waals surface area contributed by atoms with Crippen LogP contribution in [-0.2, 0) is 11.3 Å². The van der Waals surface area contributed by atoms with Gasteiger partial charge in [0.25, 0.3) is 0 Å². The van der Waals surface area contributed by atoms with Gasteiger partial charge in [0.15, 0.2) is 0 Å². The van der Waals surface area contributed by atoms with Crippen LogP contribution in [0.2, 0.25) is 0 Å². The zero-order valence-corrected chi connectivity index (χ0v) is 13.0. The van der Waals surface area contributed by atoms with E-state index >= 15 is 0 Å². The van der Waals surface area contributed by atoms with E-state index in [4.69, 9.17) is 0 Å². The number of amides is 1. The van der Waals surface area contributed by atoms with Gasteiger partial charge >= 0.3 is 0 Å². The van der Waals surface area contributed by atoms with Gasteiger partial charge < -0.3 is 14.9 Å². The Morgan fingerprint density at radius 1 is 1.43 bits per heavy atom. The lowest BCUT2D eigenvalue weighted by atomic mass is 10.1. The van der Waals surface area contributed by atoms with Crippen LogP contribution in [0.5, 0.6) is 0 Å². The highest BCUT2D eigenvalue weighted by Crippen LogP contribution is 2.47. The van der Waals surface area contributed by atoms with E-state index in [0.717, 1.165) is 29.7 Å². The first kappa shape index (κ1) is 14.0. The quantitative estimate of drug-likeness (QED) is 0.760. The van der Waals surface area contributed by atoms with Gasteiger partial charge in [-0.15, -0.1) is 0 Å². The van der Waals surface area contributed by atoms with Gasteiger partial charge in [0.1, 0.15) is 5.82 Å². The van der Waals surface area contributed by atoms with Crippen LogP contribution in [0.25, 0.3) is 11.0 Å². The molecular formula is C17H19N5O. The van der Waals surface area contributed by atoms with Gasteiger partial charge in [-0.3, -0.25) is 4.79 Å². The molecule has 1 atom stereocenters. The summed E-state index contributed by atoms with van der Waals surface area (Å²) in [4.78, 5) is 24.5. The normalized spacial score (nSPS) is 17.1. The standard InChI is InChI=1S/C17H19N5O/c1-12(15-20-13-4-2-3-5-14(13)21-15)19-16(23)17(6-7-17)10-22-9-8-18-11-22/h2-5,8-9,11-12H,6-7,10H2,1H3,(H,19,23)(H,20,21)/t12-/m1/s1. The van der Waals surface area contributed by atoms with Gasteiger partial charge in [-0.1, -0.05) is 12.1 Å². The first-order chi connectivity index (χ1) is 11.2. The van der Waals surface area contributed by atoms with Crippen LogP contribution >= 0.6 is 0 Å². The number of fused-ring (bicyclic) bond motifs is 1. The third kappa shape index (κ3) is 2.60. The minimum Gasteiger partial charge on any atom is -0.346 e. The molecule has 118 valence electrons. The van der Waals surface area contributed by atoms with Gasteiger partial charge in [0, 0.05) is 18.9 Å². The molecule has 1 saturated carbocycles. The second kappa shape index (κ2) is 5.22. The number of benzene rings is 1. The third-order valence-corrected chi connectivity index (χ3v) is 4.55. The Morgan fingerprint density at radius 2 is 2.26 bits per heavy atom. The largest absolute Gasteiger partial charge is 0.346 e. The van der Waals surface area contributed by atoms with Crippen LogP contribution in [0.3, 0.4) is 0 Å². The summed E-state index contributed by atoms with van der Waals surface area (Å²) < 4.78 is 1.97. The van der Waals surface area contributed by atoms with Gasteiger partial charge in [-0.05, 0) is 31.9 Å². The number of hydrogen-bond donors (Lipinski definition) is 2. The molecule has 1 aromatic carbocycles. The summed E-state index contributed by atoms with van der Waals surface area (Å²) in [5.41, 5.74) is 1.62. The van der Waals surface area contributed by atoms with E-state index in [0.29, 0.717) is 6.54 Å². The van der Waals surface area contributed by atoms with E-state index in [9.17, 15) is 4.79 Å². The zero-order valence-electron chi connectivity index (χ0n) is 13.0. The molecule has 6 heteroatoms. The van der Waals surface area contributed by atoms with Crippen molar-refractivity contribution in [2.24, 2.45) is 5.41 Å². The molecule has 23 heavy (non-hydrogen) atoms. The highest BCUT2D eigenvalue weighted by atomic mass is 16.2. The number of hydrogen-bond acceptors (Lipinski definition) is 3. The van der Waals surface area contributed by atoms with Crippen LogP contribution in [0, 0.1) is 5.41 Å². The number of carbonyl (C=O) groups excluding carboxylic acids is 1. The van der Waals surface area contributed by atoms with Crippen LogP contribution < -0.4 is 5.32 Å². The number of imidazole rings is 2. The maximum atomic E-state index is 12.7. The van der Waals surface area contributed by atoms with E-state index in [1.54, 1.807) is 12.5 Å². The lowest BCUT2D eigenvalue weighted by Crippen LogP contribution is -2.36. The van der Waals surface area contributed by atoms with Gasteiger partial charge in [0.05, 0.1) is 28.8 Å². The Kier molecular flexibility index (Phi) is 3.18. The first-order valence-corrected chi connectivity index (χ1v) is 7.88. The predicted molar refractivity (Wildman–Crippen MR) is 86.5 cm³/mol. The second-order valence-corrected chi connectivity index (χ2v) is 6.35. The molecule has 0 radical (unpaired) electrons. The van der Waals surface area contributed by atoms with Crippen molar-refractivity contribution in [1.82, 2.24) is 24.8 Å². The van der Waals surface area contributed by atoms with Crippen LogP contribution in [0.1, 0.15) is 31.6 Å². The van der Waals surface area contributed by atoms with Crippen molar-refractivity contribution >= 4 is 16.9 Å². The maximum absolute atomic E-state index is 12.7. The molecule has 0 unspecified atom stereocenters. The summed E-state index contributed by atoms with van der Waals surface area (Å²) in [6.45, 7) is 2.65. The molecule has 1 aliphatic rings. The Labute approximate surface area is 133 Å². The van der Waals surface area contributed by atoms with Crippen molar-refractivity contribution in [1.29, 1.82) is 0 Å². The zero-order chi connectivity index (χ0) is 15.9. The molecule has 0 aliphatic heterocycles. The fraction of sp³-hybridized carbons (Fsp3) is 0.353. The third-order valence-electron chi connectivity index (χ3n) is 4.55. The average molecular weight is 309 g/mol. The molecule has 1 fully saturated rings. The summed E-state index contributed by atoms with van der Waals surface area (Å²) in [6, 6.07) is 7.74. The number of para-hydroxylation sites is 2. The Morgan fingerprint density at radius 3 is 2.96 bits per heavy atom. The lowest BCUT2D eigenvalue weighted by molar-refractivity contribution is -0.127. The fourth-order valence-corrected chi connectivity index (χ4v) is 2.93. The summed E-state index contributed by atoms with van der Waals surface area (Å²) in [6.07, 6.45) is 7.24. The van der Waals surface area contributed by atoms with Gasteiger partial charge in [-0.2, -0.15) is 0 Å². The van der Waals surface area contributed by atoms with Gasteiger partial charge in [0.2, 0.25) is 5.91 Å². The molecule has 0 bridgehead atoms. The minimum atomic E-state index is -0.291. The molecule has 1 aliphatic carbocycles. The minimum absolute atomic E-state index is 0.0964. The maximum Gasteiger partial charge on any atom is 0.228 e. The van der Waals surface area contributed by atoms with Crippen molar-refractivity contribution in [3.63, 3.8) is 0 Å². The molecule has 2 N–H and O–H groups in total. The number of rotatable bonds is 5. The number of carbonyl (C=O) groups is 1. The summed E-state index contributed by atoms with van der Waals surface area (Å²) in [5.74, 6) is 0.886. The summed E-state index contributed by atoms with van der Waals surface area (Å²) in [7, 11) is 0. The molecule has 6 nitrogen and oxygen atoms in total. The first-order valence-electron chi connectivity index (χ1n) is 7.88. The fourth-order valence-electron chi connectivity index (χ4n) is 2.93. The molecule has 0 saturated heterocycles. The number of nitrogens with zero attached hydrogens (tertiary/aromatic N) is 3. The van der Waals surface area contributed by atoms with Crippen LogP contribution in [-0.4, -0.2) is 25.4 Å². The Balaban J connectivity index is 1.47. The highest BCUT2D eigenvalue weighted by molar-refractivity contribution is 5.85. The SMILES string of the molecule is C[C@@H](NC(=O)C1(Cn2ccnc2)CC1)c1nc2ccccc2[nH]1. The Hall–Kier alpha value is -2.63. The average Bonchev–Trinajstić information content (AvgIpc) is 2.98. The van der Waals surface area contributed by atoms with Crippen molar-refractivity contribution < 1.29 is 4.79 Å². The number of aromatic nitrogens is 4. The van der Waals surface area contributed by atoms with E-state index in [1.165, 1.54) is 0 Å². The highest BCUT2D eigenvalue weighted by Gasteiger charge is 2.50. The summed E-state index contributed by atoms with van der Waals surface area (Å²) in [5, 5.41) is 3.11. The number of aromatic amines is 1. The smallest absolute Gasteiger partial charge is 0.228 e. The predicted octanol–water partition coefficient (Wildman–Crippen LogP) is 2.42. The molecule has 1 amide bonds. The molecule has 2 heterocycles. The van der Waals surface area contributed by atoms with Crippen LogP contribution in [0.4, 0.5) is 0 Å². The molecule has 0 spiro atoms. The van der Waals surface area contributed by atoms with Crippen LogP contribution in [0.15, 0.2) is 43.0 Å². The number of nitrogens with one attached hydrogen (secondary N) is 2. The topological polar surface area (TPSA) is 75.6 Å². The molecule has 3 aromatic rings. The van der Waals surface area contributed by atoms with Crippen molar-refractivity contribution in [2.75, 3.05) is 0 Å².